The highest BCUT2D eigenvalue weighted by molar-refractivity contribution is 5.88. The lowest BCUT2D eigenvalue weighted by Crippen LogP contribution is -2.40. The molecule has 20 heavy (non-hydrogen) atoms. The molecule has 2 rings (SSSR count). The molecule has 5 heteroatoms. The van der Waals surface area contributed by atoms with Crippen LogP contribution in [0.1, 0.15) is 50.6 Å². The van der Waals surface area contributed by atoms with Crippen molar-refractivity contribution in [1.82, 2.24) is 14.7 Å². The lowest BCUT2D eigenvalue weighted by molar-refractivity contribution is 0.191. The van der Waals surface area contributed by atoms with E-state index in [4.69, 9.17) is 0 Å². The van der Waals surface area contributed by atoms with Crippen molar-refractivity contribution >= 4 is 11.8 Å². The highest BCUT2D eigenvalue weighted by Gasteiger charge is 2.21. The van der Waals surface area contributed by atoms with Gasteiger partial charge in [-0.15, -0.1) is 0 Å². The average Bonchev–Trinajstić information content (AvgIpc) is 2.66. The first-order chi connectivity index (χ1) is 9.58. The third kappa shape index (κ3) is 3.74. The first-order valence-electron chi connectivity index (χ1n) is 7.62. The molecule has 1 aromatic heterocycles. The minimum atomic E-state index is -0.0291. The maximum absolute atomic E-state index is 12.3. The monoisotopic (exact) mass is 278 g/mol. The van der Waals surface area contributed by atoms with Crippen LogP contribution < -0.4 is 5.32 Å². The second kappa shape index (κ2) is 6.77. The first kappa shape index (κ1) is 14.9. The van der Waals surface area contributed by atoms with Crippen LogP contribution in [0.4, 0.5) is 10.6 Å². The summed E-state index contributed by atoms with van der Waals surface area (Å²) in [5.41, 5.74) is 0.913. The van der Waals surface area contributed by atoms with Crippen LogP contribution >= 0.6 is 0 Å². The Bertz CT molecular complexity index is 447. The summed E-state index contributed by atoms with van der Waals surface area (Å²) in [7, 11) is 3.75. The molecule has 0 aromatic carbocycles. The number of hydrogen-bond donors (Lipinski definition) is 1. The van der Waals surface area contributed by atoms with Crippen molar-refractivity contribution in [2.75, 3.05) is 12.4 Å². The molecule has 2 amide bonds. The van der Waals surface area contributed by atoms with E-state index in [-0.39, 0.29) is 6.03 Å². The SMILES string of the molecule is Cc1cc(NC(=O)N(C)C2CCCCCCC2)n(C)n1. The Morgan fingerprint density at radius 2 is 1.90 bits per heavy atom. The van der Waals surface area contributed by atoms with Gasteiger partial charge < -0.3 is 4.90 Å². The van der Waals surface area contributed by atoms with Crippen LogP contribution in [0.15, 0.2) is 6.07 Å². The number of hydrogen-bond acceptors (Lipinski definition) is 2. The Morgan fingerprint density at radius 3 is 2.45 bits per heavy atom. The predicted molar refractivity (Wildman–Crippen MR) is 80.8 cm³/mol. The maximum atomic E-state index is 12.3. The van der Waals surface area contributed by atoms with E-state index in [2.05, 4.69) is 10.4 Å². The minimum absolute atomic E-state index is 0.0291. The summed E-state index contributed by atoms with van der Waals surface area (Å²) in [5.74, 6) is 0.755. The fraction of sp³-hybridized carbons (Fsp3) is 0.733. The Balaban J connectivity index is 1.94. The third-order valence-electron chi connectivity index (χ3n) is 4.18. The fourth-order valence-electron chi connectivity index (χ4n) is 2.91. The van der Waals surface area contributed by atoms with Crippen molar-refractivity contribution in [3.05, 3.63) is 11.8 Å². The molecule has 1 N–H and O–H groups in total. The minimum Gasteiger partial charge on any atom is -0.325 e. The Hall–Kier alpha value is -1.52. The van der Waals surface area contributed by atoms with Gasteiger partial charge in [-0.25, -0.2) is 4.79 Å². The summed E-state index contributed by atoms with van der Waals surface area (Å²) < 4.78 is 1.71. The number of nitrogens with zero attached hydrogens (tertiary/aromatic N) is 3. The summed E-state index contributed by atoms with van der Waals surface area (Å²) in [4.78, 5) is 14.2. The molecule has 1 saturated carbocycles. The van der Waals surface area contributed by atoms with E-state index in [9.17, 15) is 4.79 Å². The van der Waals surface area contributed by atoms with Gasteiger partial charge in [0.1, 0.15) is 5.82 Å². The zero-order valence-corrected chi connectivity index (χ0v) is 12.9. The van der Waals surface area contributed by atoms with E-state index in [0.717, 1.165) is 24.4 Å². The second-order valence-corrected chi connectivity index (χ2v) is 5.83. The van der Waals surface area contributed by atoms with Gasteiger partial charge in [-0.1, -0.05) is 32.1 Å². The van der Waals surface area contributed by atoms with Crippen molar-refractivity contribution in [3.8, 4) is 0 Å². The molecule has 0 unspecified atom stereocenters. The van der Waals surface area contributed by atoms with E-state index in [1.807, 2.05) is 32.0 Å². The number of rotatable bonds is 2. The first-order valence-corrected chi connectivity index (χ1v) is 7.62. The van der Waals surface area contributed by atoms with Crippen LogP contribution in [0.25, 0.3) is 0 Å². The number of carbonyl (C=O) groups is 1. The molecule has 0 radical (unpaired) electrons. The molecule has 0 atom stereocenters. The highest BCUT2D eigenvalue weighted by atomic mass is 16.2. The molecule has 0 spiro atoms. The fourth-order valence-corrected chi connectivity index (χ4v) is 2.91. The molecular weight excluding hydrogens is 252 g/mol. The van der Waals surface area contributed by atoms with Crippen molar-refractivity contribution < 1.29 is 4.79 Å². The molecule has 1 aliphatic rings. The molecule has 0 aliphatic heterocycles. The van der Waals surface area contributed by atoms with Crippen molar-refractivity contribution in [3.63, 3.8) is 0 Å². The van der Waals surface area contributed by atoms with Gasteiger partial charge >= 0.3 is 6.03 Å². The normalized spacial score (nSPS) is 17.4. The van der Waals surface area contributed by atoms with Crippen LogP contribution in [0.3, 0.4) is 0 Å². The summed E-state index contributed by atoms with van der Waals surface area (Å²) in [5, 5.41) is 7.20. The van der Waals surface area contributed by atoms with Gasteiger partial charge in [0, 0.05) is 26.2 Å². The largest absolute Gasteiger partial charge is 0.325 e. The van der Waals surface area contributed by atoms with E-state index >= 15 is 0 Å². The van der Waals surface area contributed by atoms with Crippen molar-refractivity contribution in [1.29, 1.82) is 0 Å². The lowest BCUT2D eigenvalue weighted by atomic mass is 9.96. The van der Waals surface area contributed by atoms with Crippen molar-refractivity contribution in [2.24, 2.45) is 7.05 Å². The molecule has 0 saturated heterocycles. The summed E-state index contributed by atoms with van der Waals surface area (Å²) >= 11 is 0. The molecule has 1 fully saturated rings. The zero-order valence-electron chi connectivity index (χ0n) is 12.9. The molecule has 0 bridgehead atoms. The molecule has 1 aliphatic carbocycles. The molecule has 5 nitrogen and oxygen atoms in total. The van der Waals surface area contributed by atoms with Gasteiger partial charge in [0.05, 0.1) is 5.69 Å². The van der Waals surface area contributed by atoms with E-state index < -0.39 is 0 Å². The second-order valence-electron chi connectivity index (χ2n) is 5.83. The third-order valence-corrected chi connectivity index (χ3v) is 4.18. The molecular formula is C15H26N4O. The number of aryl methyl sites for hydroxylation is 2. The summed E-state index contributed by atoms with van der Waals surface area (Å²) in [6, 6.07) is 2.23. The van der Waals surface area contributed by atoms with Gasteiger partial charge in [0.15, 0.2) is 0 Å². The van der Waals surface area contributed by atoms with Crippen LogP contribution in [0.5, 0.6) is 0 Å². The van der Waals surface area contributed by atoms with Crippen molar-refractivity contribution in [2.45, 2.75) is 57.9 Å². The quantitative estimate of drug-likeness (QED) is 0.902. The van der Waals surface area contributed by atoms with E-state index in [0.29, 0.717) is 6.04 Å². The number of urea groups is 1. The number of carbonyl (C=O) groups excluding carboxylic acids is 1. The van der Waals surface area contributed by atoms with E-state index in [1.54, 1.807) is 4.68 Å². The molecule has 1 aromatic rings. The average molecular weight is 278 g/mol. The lowest BCUT2D eigenvalue weighted by Gasteiger charge is -2.29. The number of nitrogens with one attached hydrogen (secondary N) is 1. The highest BCUT2D eigenvalue weighted by Crippen LogP contribution is 2.21. The van der Waals surface area contributed by atoms with Crippen LogP contribution in [0, 0.1) is 6.92 Å². The standard InChI is InChI=1S/C15H26N4O/c1-12-11-14(19(3)17-12)16-15(20)18(2)13-9-7-5-4-6-8-10-13/h11,13H,4-10H2,1-3H3,(H,16,20). The van der Waals surface area contributed by atoms with Gasteiger partial charge in [0.25, 0.3) is 0 Å². The number of anilines is 1. The van der Waals surface area contributed by atoms with Crippen LogP contribution in [-0.4, -0.2) is 33.8 Å². The van der Waals surface area contributed by atoms with Gasteiger partial charge in [-0.3, -0.25) is 10.00 Å². The molecule has 112 valence electrons. The number of aromatic nitrogens is 2. The predicted octanol–water partition coefficient (Wildman–Crippen LogP) is 3.31. The molecule has 1 heterocycles. The van der Waals surface area contributed by atoms with Crippen LogP contribution in [-0.2, 0) is 7.05 Å². The van der Waals surface area contributed by atoms with Crippen LogP contribution in [0.2, 0.25) is 0 Å². The smallest absolute Gasteiger partial charge is 0.322 e. The summed E-state index contributed by atoms with van der Waals surface area (Å²) in [6.07, 6.45) is 8.64. The zero-order chi connectivity index (χ0) is 14.5. The Labute approximate surface area is 121 Å². The number of amides is 2. The van der Waals surface area contributed by atoms with Gasteiger partial charge in [-0.05, 0) is 19.8 Å². The maximum Gasteiger partial charge on any atom is 0.322 e. The Morgan fingerprint density at radius 1 is 1.30 bits per heavy atom. The van der Waals surface area contributed by atoms with Gasteiger partial charge in [-0.2, -0.15) is 5.10 Å². The van der Waals surface area contributed by atoms with E-state index in [1.165, 1.54) is 32.1 Å². The topological polar surface area (TPSA) is 50.2 Å². The summed E-state index contributed by atoms with van der Waals surface area (Å²) in [6.45, 7) is 1.92. The van der Waals surface area contributed by atoms with Gasteiger partial charge in [0.2, 0.25) is 0 Å². The Kier molecular flexibility index (Phi) is 5.04.